The molecule has 0 saturated carbocycles. The van der Waals surface area contributed by atoms with Crippen LogP contribution in [0.5, 0.6) is 5.75 Å². The van der Waals surface area contributed by atoms with Gasteiger partial charge in [0.1, 0.15) is 5.75 Å². The third kappa shape index (κ3) is 3.18. The Kier molecular flexibility index (Phi) is 4.92. The maximum atomic E-state index is 12.9. The molecule has 1 N–H and O–H groups in total. The van der Waals surface area contributed by atoms with Crippen molar-refractivity contribution < 1.29 is 9.53 Å². The van der Waals surface area contributed by atoms with Gasteiger partial charge < -0.3 is 14.3 Å². The van der Waals surface area contributed by atoms with Crippen LogP contribution in [-0.4, -0.2) is 38.4 Å². The number of rotatable bonds is 6. The van der Waals surface area contributed by atoms with E-state index in [1.165, 1.54) is 11.8 Å². The number of H-pyrrole nitrogens is 1. The Bertz CT molecular complexity index is 1160. The number of nitrogens with one attached hydrogen (secondary N) is 1. The van der Waals surface area contributed by atoms with Gasteiger partial charge in [-0.3, -0.25) is 4.79 Å². The third-order valence-corrected chi connectivity index (χ3v) is 5.71. The van der Waals surface area contributed by atoms with E-state index in [0.717, 1.165) is 33.5 Å². The average Bonchev–Trinajstić information content (AvgIpc) is 3.24. The zero-order valence-electron chi connectivity index (χ0n) is 15.9. The Morgan fingerprint density at radius 3 is 2.71 bits per heavy atom. The molecule has 0 unspecified atom stereocenters. The van der Waals surface area contributed by atoms with E-state index in [2.05, 4.69) is 15.2 Å². The molecule has 0 amide bonds. The normalized spacial score (nSPS) is 11.1. The molecule has 0 atom stereocenters. The van der Waals surface area contributed by atoms with E-state index in [-0.39, 0.29) is 5.78 Å². The summed E-state index contributed by atoms with van der Waals surface area (Å²) < 4.78 is 7.31. The minimum atomic E-state index is 0.0711. The first-order valence-corrected chi connectivity index (χ1v) is 9.84. The summed E-state index contributed by atoms with van der Waals surface area (Å²) in [5.74, 6) is 1.80. The number of benzene rings is 2. The quantitative estimate of drug-likeness (QED) is 0.392. The molecule has 4 aromatic rings. The van der Waals surface area contributed by atoms with Gasteiger partial charge in [-0.1, -0.05) is 42.1 Å². The first-order valence-electron chi connectivity index (χ1n) is 8.86. The van der Waals surface area contributed by atoms with Crippen LogP contribution in [0.3, 0.4) is 0 Å². The number of ketones is 1. The Hall–Kier alpha value is -3.06. The number of Topliss-reactive ketones (excluding diaryl/α,β-unsaturated/α-hetero) is 1. The summed E-state index contributed by atoms with van der Waals surface area (Å²) in [5.41, 5.74) is 3.48. The minimum absolute atomic E-state index is 0.0711. The number of ether oxygens (including phenoxy) is 1. The second kappa shape index (κ2) is 7.52. The predicted molar refractivity (Wildman–Crippen MR) is 111 cm³/mol. The maximum Gasteiger partial charge on any atom is 0.191 e. The number of carbonyl (C=O) groups is 1. The molecule has 142 valence electrons. The first-order chi connectivity index (χ1) is 13.6. The van der Waals surface area contributed by atoms with Crippen LogP contribution in [0.2, 0.25) is 0 Å². The van der Waals surface area contributed by atoms with Crippen molar-refractivity contribution >= 4 is 28.4 Å². The molecule has 0 aliphatic rings. The monoisotopic (exact) mass is 392 g/mol. The van der Waals surface area contributed by atoms with Crippen molar-refractivity contribution in [3.63, 3.8) is 0 Å². The van der Waals surface area contributed by atoms with Crippen LogP contribution < -0.4 is 4.74 Å². The van der Waals surface area contributed by atoms with Gasteiger partial charge in [-0.05, 0) is 25.1 Å². The van der Waals surface area contributed by atoms with E-state index in [1.807, 2.05) is 67.1 Å². The summed E-state index contributed by atoms with van der Waals surface area (Å²) in [6.45, 7) is 1.93. The number of carbonyl (C=O) groups excluding carboxylic acids is 1. The third-order valence-electron chi connectivity index (χ3n) is 4.69. The fraction of sp³-hybridized carbons (Fsp3) is 0.190. The fourth-order valence-electron chi connectivity index (χ4n) is 3.34. The molecule has 0 spiro atoms. The molecule has 2 aromatic carbocycles. The topological polar surface area (TPSA) is 72.8 Å². The molecular weight excluding hydrogens is 372 g/mol. The number of thioether (sulfide) groups is 1. The van der Waals surface area contributed by atoms with Crippen molar-refractivity contribution in [2.45, 2.75) is 12.1 Å². The highest BCUT2D eigenvalue weighted by molar-refractivity contribution is 7.99. The van der Waals surface area contributed by atoms with Gasteiger partial charge in [-0.15, -0.1) is 10.2 Å². The summed E-state index contributed by atoms with van der Waals surface area (Å²) in [5, 5.41) is 10.2. The van der Waals surface area contributed by atoms with Crippen LogP contribution in [-0.2, 0) is 7.05 Å². The smallest absolute Gasteiger partial charge is 0.191 e. The SMILES string of the molecule is COc1ccccc1-c1nnc(SCC(=O)c2c(C)[nH]c3ccccc23)n1C. The summed E-state index contributed by atoms with van der Waals surface area (Å²) in [7, 11) is 3.53. The van der Waals surface area contributed by atoms with Crippen molar-refractivity contribution in [2.24, 2.45) is 7.05 Å². The number of aryl methyl sites for hydroxylation is 1. The van der Waals surface area contributed by atoms with Gasteiger partial charge in [0.05, 0.1) is 18.4 Å². The van der Waals surface area contributed by atoms with Crippen LogP contribution in [0.4, 0.5) is 0 Å². The lowest BCUT2D eigenvalue weighted by molar-refractivity contribution is 0.102. The van der Waals surface area contributed by atoms with Gasteiger partial charge in [0, 0.05) is 29.2 Å². The van der Waals surface area contributed by atoms with E-state index < -0.39 is 0 Å². The molecule has 4 rings (SSSR count). The van der Waals surface area contributed by atoms with Crippen LogP contribution in [0, 0.1) is 6.92 Å². The van der Waals surface area contributed by atoms with Crippen molar-refractivity contribution in [1.82, 2.24) is 19.7 Å². The Morgan fingerprint density at radius 1 is 1.14 bits per heavy atom. The summed E-state index contributed by atoms with van der Waals surface area (Å²) in [6, 6.07) is 15.5. The van der Waals surface area contributed by atoms with E-state index >= 15 is 0 Å². The van der Waals surface area contributed by atoms with Gasteiger partial charge >= 0.3 is 0 Å². The predicted octanol–water partition coefficient (Wildman–Crippen LogP) is 4.26. The van der Waals surface area contributed by atoms with Crippen LogP contribution in [0.15, 0.2) is 53.7 Å². The van der Waals surface area contributed by atoms with Crippen LogP contribution in [0.25, 0.3) is 22.3 Å². The number of nitrogens with zero attached hydrogens (tertiary/aromatic N) is 3. The largest absolute Gasteiger partial charge is 0.496 e. The highest BCUT2D eigenvalue weighted by atomic mass is 32.2. The molecule has 0 aliphatic heterocycles. The lowest BCUT2D eigenvalue weighted by Crippen LogP contribution is -2.05. The summed E-state index contributed by atoms with van der Waals surface area (Å²) in [6.07, 6.45) is 0. The van der Waals surface area contributed by atoms with Gasteiger partial charge in [0.2, 0.25) is 0 Å². The standard InChI is InChI=1S/C21H20N4O2S/c1-13-19(14-8-4-6-10-16(14)22-13)17(26)12-28-21-24-23-20(25(21)2)15-9-5-7-11-18(15)27-3/h4-11,22H,12H2,1-3H3. The highest BCUT2D eigenvalue weighted by Crippen LogP contribution is 2.30. The van der Waals surface area contributed by atoms with E-state index in [1.54, 1.807) is 7.11 Å². The molecule has 6 nitrogen and oxygen atoms in total. The summed E-state index contributed by atoms with van der Waals surface area (Å²) >= 11 is 1.38. The average molecular weight is 392 g/mol. The van der Waals surface area contributed by atoms with Crippen molar-refractivity contribution in [3.05, 3.63) is 59.8 Å². The maximum absolute atomic E-state index is 12.9. The fourth-order valence-corrected chi connectivity index (χ4v) is 4.13. The lowest BCUT2D eigenvalue weighted by atomic mass is 10.1. The van der Waals surface area contributed by atoms with Gasteiger partial charge in [-0.25, -0.2) is 0 Å². The number of hydrogen-bond acceptors (Lipinski definition) is 5. The molecule has 28 heavy (non-hydrogen) atoms. The zero-order chi connectivity index (χ0) is 19.7. The number of hydrogen-bond donors (Lipinski definition) is 1. The van der Waals surface area contributed by atoms with Crippen molar-refractivity contribution in [3.8, 4) is 17.1 Å². The number of aromatic nitrogens is 4. The number of para-hydroxylation sites is 2. The Labute approximate surface area is 166 Å². The molecule has 0 radical (unpaired) electrons. The molecule has 2 heterocycles. The van der Waals surface area contributed by atoms with Gasteiger partial charge in [0.25, 0.3) is 0 Å². The van der Waals surface area contributed by atoms with Crippen LogP contribution >= 0.6 is 11.8 Å². The van der Waals surface area contributed by atoms with Gasteiger partial charge in [0.15, 0.2) is 16.8 Å². The molecule has 0 saturated heterocycles. The Balaban J connectivity index is 1.57. The lowest BCUT2D eigenvalue weighted by Gasteiger charge is -2.08. The first kappa shape index (κ1) is 18.3. The number of aromatic amines is 1. The van der Waals surface area contributed by atoms with Gasteiger partial charge in [-0.2, -0.15) is 0 Å². The minimum Gasteiger partial charge on any atom is -0.496 e. The number of methoxy groups -OCH3 is 1. The second-order valence-electron chi connectivity index (χ2n) is 6.45. The molecule has 7 heteroatoms. The highest BCUT2D eigenvalue weighted by Gasteiger charge is 2.19. The molecule has 2 aromatic heterocycles. The molecule has 0 aliphatic carbocycles. The van der Waals surface area contributed by atoms with E-state index in [0.29, 0.717) is 16.7 Å². The Morgan fingerprint density at radius 2 is 1.89 bits per heavy atom. The second-order valence-corrected chi connectivity index (χ2v) is 7.39. The number of fused-ring (bicyclic) bond motifs is 1. The summed E-state index contributed by atoms with van der Waals surface area (Å²) in [4.78, 5) is 16.2. The molecule has 0 bridgehead atoms. The van der Waals surface area contributed by atoms with Crippen molar-refractivity contribution in [2.75, 3.05) is 12.9 Å². The van der Waals surface area contributed by atoms with Crippen molar-refractivity contribution in [1.29, 1.82) is 0 Å². The molecule has 0 fully saturated rings. The van der Waals surface area contributed by atoms with E-state index in [9.17, 15) is 4.79 Å². The molecular formula is C21H20N4O2S. The van der Waals surface area contributed by atoms with E-state index in [4.69, 9.17) is 4.74 Å². The zero-order valence-corrected chi connectivity index (χ0v) is 16.7. The van der Waals surface area contributed by atoms with Crippen LogP contribution in [0.1, 0.15) is 16.1 Å².